The summed E-state index contributed by atoms with van der Waals surface area (Å²) in [5.41, 5.74) is 7.17. The molecule has 1 spiro atoms. The van der Waals surface area contributed by atoms with Crippen LogP contribution >= 0.6 is 0 Å². The van der Waals surface area contributed by atoms with Crippen LogP contribution in [0.1, 0.15) is 96.1 Å². The number of morpholine rings is 1. The molecule has 8 aliphatic rings. The summed E-state index contributed by atoms with van der Waals surface area (Å²) in [5, 5.41) is 5.24. The number of alkyl halides is 3. The Labute approximate surface area is 508 Å². The molecule has 6 bridgehead atoms. The molecule has 2 aliphatic carbocycles. The SMILES string of the molecule is CO[C@@H](C)c1ncc(N2CCN(C3CC3)CC2)cc1-c1c2c3cc(ccc3n1CC(F)(F)F)-c1cccc(c1)C[C@H](NC(=O)C(C(C)C)N1CCOC3(CN(C(=O)[C@H]4C(C5CC5)N4CC(=O)N(C)C)C3)C1)C(=O)N1CCC[C@H](N1)C(=O)OCC(C)(C)C2. The number of likely N-dealkylation sites (tertiary alicyclic amines) is 1. The van der Waals surface area contributed by atoms with E-state index in [0.29, 0.717) is 91.0 Å². The Morgan fingerprint density at radius 2 is 1.67 bits per heavy atom. The van der Waals surface area contributed by atoms with Crippen molar-refractivity contribution >= 4 is 46.2 Å². The van der Waals surface area contributed by atoms with Crippen LogP contribution in [-0.2, 0) is 57.6 Å². The van der Waals surface area contributed by atoms with Gasteiger partial charge in [0, 0.05) is 107 Å². The van der Waals surface area contributed by atoms with Gasteiger partial charge in [0.25, 0.3) is 5.91 Å². The fourth-order valence-electron chi connectivity index (χ4n) is 14.5. The smallest absolute Gasteiger partial charge is 0.406 e. The third-order valence-corrected chi connectivity index (χ3v) is 19.4. The number of ether oxygens (including phenoxy) is 3. The number of cyclic esters (lactones) is 1. The summed E-state index contributed by atoms with van der Waals surface area (Å²) in [5.74, 6) is -1.12. The standard InChI is InChI=1S/C65H86F3N11O8/c1-39(2)55(75-25-26-87-64(34-75)35-76(36-64)61(83)58-56(42-14-15-42)77(58)33-53(80)72(6)7)59(81)70-51-28-41-11-9-12-43(27-41)44-16-19-52-47(29-44)49(31-63(4,5)38-86-62(84)50-13-10-20-79(71-50)60(51)82)57(78(52)37-65(66,67)68)48-30-46(32-69-54(48)40(3)85-8)74-23-21-73(22-24-74)45-17-18-45/h9,11-12,16,19,27,29-30,32,39-40,42,45,50-51,55-56,58,71H,10,13-15,17-18,20-26,28,31,33-38H2,1-8H3,(H,70,81)/t40-,50-,51-,55?,56?,58+,77?/m0/s1. The number of likely N-dealkylation sites (N-methyl/N-ethyl adjacent to an activating group) is 1. The number of hydrogen-bond acceptors (Lipinski definition) is 14. The fourth-order valence-corrected chi connectivity index (χ4v) is 14.5. The second kappa shape index (κ2) is 24.0. The highest BCUT2D eigenvalue weighted by molar-refractivity contribution is 5.96. The lowest BCUT2D eigenvalue weighted by atomic mass is 9.84. The first-order valence-electron chi connectivity index (χ1n) is 31.5. The molecule has 4 amide bonds. The zero-order valence-corrected chi connectivity index (χ0v) is 51.7. The van der Waals surface area contributed by atoms with Crippen molar-refractivity contribution in [3.63, 3.8) is 0 Å². The number of carbonyl (C=O) groups excluding carboxylic acids is 5. The average molecular weight is 1210 g/mol. The second-order valence-corrected chi connectivity index (χ2v) is 27.4. The molecule has 0 radical (unpaired) electrons. The van der Waals surface area contributed by atoms with E-state index in [1.165, 1.54) is 22.4 Å². The van der Waals surface area contributed by atoms with Crippen molar-refractivity contribution in [1.82, 2.24) is 49.8 Å². The van der Waals surface area contributed by atoms with Crippen LogP contribution in [0.15, 0.2) is 54.7 Å². The minimum Gasteiger partial charge on any atom is -0.464 e. The highest BCUT2D eigenvalue weighted by atomic mass is 19.4. The van der Waals surface area contributed by atoms with E-state index < -0.39 is 59.8 Å². The number of benzene rings is 2. The number of aromatic nitrogens is 2. The van der Waals surface area contributed by atoms with Gasteiger partial charge >= 0.3 is 12.1 Å². The molecule has 470 valence electrons. The molecule has 2 aromatic heterocycles. The summed E-state index contributed by atoms with van der Waals surface area (Å²) in [4.78, 5) is 88.5. The third kappa shape index (κ3) is 12.9. The van der Waals surface area contributed by atoms with E-state index in [9.17, 15) is 14.4 Å². The highest BCUT2D eigenvalue weighted by Crippen LogP contribution is 2.49. The average Bonchev–Trinajstić information content (AvgIpc) is 1.62. The molecule has 12 rings (SSSR count). The Balaban J connectivity index is 0.862. The quantitative estimate of drug-likeness (QED) is 0.110. The van der Waals surface area contributed by atoms with Gasteiger partial charge in [0.05, 0.1) is 68.3 Å². The molecule has 5 saturated heterocycles. The van der Waals surface area contributed by atoms with Crippen molar-refractivity contribution < 1.29 is 51.4 Å². The number of esters is 1. The highest BCUT2D eigenvalue weighted by Gasteiger charge is 2.63. The Hall–Kier alpha value is -6.17. The predicted octanol–water partition coefficient (Wildman–Crippen LogP) is 6.06. The van der Waals surface area contributed by atoms with Crippen LogP contribution < -0.4 is 15.6 Å². The zero-order valence-electron chi connectivity index (χ0n) is 51.7. The van der Waals surface area contributed by atoms with Crippen LogP contribution in [0.25, 0.3) is 33.3 Å². The van der Waals surface area contributed by atoms with Crippen molar-refractivity contribution in [2.24, 2.45) is 17.3 Å². The van der Waals surface area contributed by atoms with Crippen LogP contribution in [0.2, 0.25) is 0 Å². The number of nitrogens with zero attached hydrogens (tertiary/aromatic N) is 9. The molecule has 8 heterocycles. The van der Waals surface area contributed by atoms with E-state index in [-0.39, 0.29) is 68.3 Å². The predicted molar refractivity (Wildman–Crippen MR) is 322 cm³/mol. The number of amides is 4. The molecular formula is C65H86F3N11O8. The number of fused-ring (bicyclic) bond motifs is 6. The number of hydrogen-bond donors (Lipinski definition) is 2. The minimum absolute atomic E-state index is 0.00997. The van der Waals surface area contributed by atoms with Gasteiger partial charge in [-0.15, -0.1) is 0 Å². The van der Waals surface area contributed by atoms with Crippen LogP contribution in [0.4, 0.5) is 18.9 Å². The van der Waals surface area contributed by atoms with Crippen molar-refractivity contribution in [2.45, 2.75) is 147 Å². The number of piperazine rings is 1. The first-order valence-corrected chi connectivity index (χ1v) is 31.5. The summed E-state index contributed by atoms with van der Waals surface area (Å²) >= 11 is 0. The molecule has 6 aliphatic heterocycles. The summed E-state index contributed by atoms with van der Waals surface area (Å²) in [7, 11) is 5.02. The summed E-state index contributed by atoms with van der Waals surface area (Å²) < 4.78 is 65.7. The van der Waals surface area contributed by atoms with Crippen LogP contribution in [-0.4, -0.2) is 217 Å². The largest absolute Gasteiger partial charge is 0.464 e. The fraction of sp³-hybridized carbons (Fsp3) is 0.631. The van der Waals surface area contributed by atoms with Crippen LogP contribution in [0, 0.1) is 17.3 Å². The Kier molecular flexibility index (Phi) is 16.8. The van der Waals surface area contributed by atoms with Crippen molar-refractivity contribution in [3.05, 3.63) is 71.5 Å². The second-order valence-electron chi connectivity index (χ2n) is 27.4. The zero-order chi connectivity index (χ0) is 61.4. The lowest BCUT2D eigenvalue weighted by Gasteiger charge is -2.55. The summed E-state index contributed by atoms with van der Waals surface area (Å²) in [6.07, 6.45) is 2.30. The van der Waals surface area contributed by atoms with E-state index in [1.807, 2.05) is 93.1 Å². The lowest BCUT2D eigenvalue weighted by Crippen LogP contribution is -2.73. The maximum atomic E-state index is 15.3. The maximum absolute atomic E-state index is 15.3. The topological polar surface area (TPSA) is 177 Å². The minimum atomic E-state index is -4.61. The molecule has 87 heavy (non-hydrogen) atoms. The number of anilines is 1. The van der Waals surface area contributed by atoms with E-state index in [0.717, 1.165) is 61.4 Å². The van der Waals surface area contributed by atoms with Crippen molar-refractivity contribution in [3.8, 4) is 22.4 Å². The van der Waals surface area contributed by atoms with Gasteiger partial charge in [-0.1, -0.05) is 58.0 Å². The Bertz CT molecular complexity index is 3280. The van der Waals surface area contributed by atoms with Gasteiger partial charge in [-0.3, -0.25) is 48.7 Å². The number of hydrazine groups is 1. The third-order valence-electron chi connectivity index (χ3n) is 19.4. The Morgan fingerprint density at radius 1 is 0.920 bits per heavy atom. The van der Waals surface area contributed by atoms with Crippen LogP contribution in [0.3, 0.4) is 0 Å². The van der Waals surface area contributed by atoms with E-state index in [1.54, 1.807) is 32.2 Å². The lowest BCUT2D eigenvalue weighted by molar-refractivity contribution is -0.197. The summed E-state index contributed by atoms with van der Waals surface area (Å²) in [6.45, 7) is 14.0. The summed E-state index contributed by atoms with van der Waals surface area (Å²) in [6, 6.07) is 12.9. The number of pyridine rings is 1. The molecule has 2 aromatic carbocycles. The molecule has 22 heteroatoms. The number of carbonyl (C=O) groups is 5. The molecule has 4 aromatic rings. The van der Waals surface area contributed by atoms with Gasteiger partial charge in [-0.05, 0) is 104 Å². The molecular weight excluding hydrogens is 1120 g/mol. The molecule has 3 unspecified atom stereocenters. The van der Waals surface area contributed by atoms with Gasteiger partial charge in [0.2, 0.25) is 17.7 Å². The molecule has 19 nitrogen and oxygen atoms in total. The van der Waals surface area contributed by atoms with Crippen LogP contribution in [0.5, 0.6) is 0 Å². The van der Waals surface area contributed by atoms with E-state index in [4.69, 9.17) is 19.2 Å². The van der Waals surface area contributed by atoms with Gasteiger partial charge < -0.3 is 38.8 Å². The molecule has 2 saturated carbocycles. The number of rotatable bonds is 14. The van der Waals surface area contributed by atoms with Crippen molar-refractivity contribution in [2.75, 3.05) is 105 Å². The first-order chi connectivity index (χ1) is 41.5. The molecule has 2 N–H and O–H groups in total. The number of halogens is 3. The van der Waals surface area contributed by atoms with E-state index in [2.05, 4.69) is 25.4 Å². The monoisotopic (exact) mass is 1210 g/mol. The van der Waals surface area contributed by atoms with Gasteiger partial charge in [-0.25, -0.2) is 5.43 Å². The van der Waals surface area contributed by atoms with Gasteiger partial charge in [0.15, 0.2) is 0 Å². The number of nitrogens with one attached hydrogen (secondary N) is 2. The normalized spacial score (nSPS) is 26.1. The Morgan fingerprint density at radius 3 is 2.36 bits per heavy atom. The van der Waals surface area contributed by atoms with Crippen molar-refractivity contribution in [1.29, 1.82) is 0 Å². The van der Waals surface area contributed by atoms with Gasteiger partial charge in [-0.2, -0.15) is 13.2 Å². The molecule has 7 fully saturated rings. The maximum Gasteiger partial charge on any atom is 0.406 e. The number of methoxy groups -OCH3 is 1. The van der Waals surface area contributed by atoms with Gasteiger partial charge in [0.1, 0.15) is 30.3 Å². The van der Waals surface area contributed by atoms with E-state index >= 15 is 22.8 Å². The molecule has 7 atom stereocenters. The first kappa shape index (κ1) is 61.1.